The first kappa shape index (κ1) is 25.8. The number of benzene rings is 1. The maximum absolute atomic E-state index is 11.5. The fraction of sp³-hybridized carbons (Fsp3) is 0.480. The van der Waals surface area contributed by atoms with Gasteiger partial charge in [-0.3, -0.25) is 34.2 Å². The van der Waals surface area contributed by atoms with E-state index in [2.05, 4.69) is 26.9 Å². The van der Waals surface area contributed by atoms with Crippen molar-refractivity contribution in [3.8, 4) is 0 Å². The number of aliphatic carboxylic acids is 2. The second-order valence-electron chi connectivity index (χ2n) is 8.70. The largest absolute Gasteiger partial charge is 0.480 e. The molecule has 2 aromatic rings. The Hall–Kier alpha value is -2.85. The summed E-state index contributed by atoms with van der Waals surface area (Å²) in [6, 6.07) is 16.0. The molecule has 1 aliphatic rings. The Bertz CT molecular complexity index is 794. The number of nitrogens with zero attached hydrogens (tertiary/aromatic N) is 5. The molecule has 34 heavy (non-hydrogen) atoms. The summed E-state index contributed by atoms with van der Waals surface area (Å²) in [4.78, 5) is 35.9. The van der Waals surface area contributed by atoms with Crippen LogP contribution in [-0.4, -0.2) is 112 Å². The maximum Gasteiger partial charge on any atom is 0.317 e. The molecule has 9 nitrogen and oxygen atoms in total. The van der Waals surface area contributed by atoms with E-state index in [0.717, 1.165) is 12.2 Å². The Morgan fingerprint density at radius 1 is 0.647 bits per heavy atom. The molecule has 2 N–H and O–H groups in total. The van der Waals surface area contributed by atoms with E-state index in [-0.39, 0.29) is 13.1 Å². The summed E-state index contributed by atoms with van der Waals surface area (Å²) < 4.78 is 0. The predicted octanol–water partition coefficient (Wildman–Crippen LogP) is 1.17. The van der Waals surface area contributed by atoms with E-state index in [9.17, 15) is 19.8 Å². The molecule has 1 saturated heterocycles. The molecule has 2 heterocycles. The molecule has 0 amide bonds. The van der Waals surface area contributed by atoms with Gasteiger partial charge in [-0.15, -0.1) is 0 Å². The van der Waals surface area contributed by atoms with Gasteiger partial charge in [-0.2, -0.15) is 0 Å². The molecule has 1 fully saturated rings. The predicted molar refractivity (Wildman–Crippen MR) is 129 cm³/mol. The van der Waals surface area contributed by atoms with Crippen molar-refractivity contribution in [2.45, 2.75) is 13.1 Å². The van der Waals surface area contributed by atoms with Gasteiger partial charge in [0.25, 0.3) is 0 Å². The second kappa shape index (κ2) is 13.8. The van der Waals surface area contributed by atoms with E-state index >= 15 is 0 Å². The number of hydrogen-bond acceptors (Lipinski definition) is 7. The summed E-state index contributed by atoms with van der Waals surface area (Å²) in [6.45, 7) is 6.69. The Morgan fingerprint density at radius 2 is 1.12 bits per heavy atom. The second-order valence-corrected chi connectivity index (χ2v) is 8.70. The Kier molecular flexibility index (Phi) is 10.4. The third-order valence-corrected chi connectivity index (χ3v) is 6.01. The zero-order valence-electron chi connectivity index (χ0n) is 19.6. The fourth-order valence-corrected chi connectivity index (χ4v) is 4.16. The van der Waals surface area contributed by atoms with Gasteiger partial charge in [0.05, 0.1) is 18.8 Å². The van der Waals surface area contributed by atoms with Crippen LogP contribution in [0, 0.1) is 0 Å². The van der Waals surface area contributed by atoms with Crippen LogP contribution in [0.5, 0.6) is 0 Å². The zero-order valence-corrected chi connectivity index (χ0v) is 19.6. The highest BCUT2D eigenvalue weighted by Crippen LogP contribution is 2.08. The zero-order chi connectivity index (χ0) is 24.2. The van der Waals surface area contributed by atoms with Crippen molar-refractivity contribution >= 4 is 11.9 Å². The standard InChI is InChI=1S/C25H35N5O4/c31-24(32)20-29-14-10-27(18-22-6-2-1-3-7-22)11-15-30(21-25(33)34)17-13-28(12-16-29)19-23-8-4-5-9-26-23/h1-9H,10-21H2,(H,31,32)(H,33,34). The molecule has 184 valence electrons. The average Bonchev–Trinajstić information content (AvgIpc) is 2.81. The summed E-state index contributed by atoms with van der Waals surface area (Å²) in [7, 11) is 0. The molecular formula is C25H35N5O4. The molecule has 0 radical (unpaired) electrons. The summed E-state index contributed by atoms with van der Waals surface area (Å²) in [6.07, 6.45) is 1.76. The molecule has 0 bridgehead atoms. The van der Waals surface area contributed by atoms with Crippen LogP contribution >= 0.6 is 0 Å². The van der Waals surface area contributed by atoms with Crippen molar-refractivity contribution in [1.29, 1.82) is 0 Å². The monoisotopic (exact) mass is 469 g/mol. The van der Waals surface area contributed by atoms with Gasteiger partial charge in [0.15, 0.2) is 0 Å². The van der Waals surface area contributed by atoms with Gasteiger partial charge < -0.3 is 10.2 Å². The van der Waals surface area contributed by atoms with Crippen LogP contribution in [-0.2, 0) is 22.7 Å². The minimum absolute atomic E-state index is 0.00173. The first-order valence-corrected chi connectivity index (χ1v) is 11.7. The molecular weight excluding hydrogens is 434 g/mol. The minimum atomic E-state index is -0.828. The number of pyridine rings is 1. The Balaban J connectivity index is 1.73. The van der Waals surface area contributed by atoms with Crippen molar-refractivity contribution in [3.63, 3.8) is 0 Å². The van der Waals surface area contributed by atoms with Crippen LogP contribution in [0.25, 0.3) is 0 Å². The lowest BCUT2D eigenvalue weighted by Gasteiger charge is -2.33. The third kappa shape index (κ3) is 9.56. The van der Waals surface area contributed by atoms with Crippen molar-refractivity contribution in [2.24, 2.45) is 0 Å². The van der Waals surface area contributed by atoms with Crippen molar-refractivity contribution in [1.82, 2.24) is 24.6 Å². The van der Waals surface area contributed by atoms with Crippen LogP contribution in [0.1, 0.15) is 11.3 Å². The first-order valence-electron chi connectivity index (χ1n) is 11.7. The fourth-order valence-electron chi connectivity index (χ4n) is 4.16. The van der Waals surface area contributed by atoms with Crippen LogP contribution in [0.3, 0.4) is 0 Å². The normalized spacial score (nSPS) is 18.1. The van der Waals surface area contributed by atoms with Gasteiger partial charge in [-0.25, -0.2) is 0 Å². The van der Waals surface area contributed by atoms with E-state index in [1.807, 2.05) is 46.2 Å². The summed E-state index contributed by atoms with van der Waals surface area (Å²) >= 11 is 0. The average molecular weight is 470 g/mol. The van der Waals surface area contributed by atoms with Crippen molar-refractivity contribution in [2.75, 3.05) is 65.4 Å². The lowest BCUT2D eigenvalue weighted by Crippen LogP contribution is -2.47. The maximum atomic E-state index is 11.5. The number of carboxylic acid groups (broad SMARTS) is 2. The first-order chi connectivity index (χ1) is 16.5. The van der Waals surface area contributed by atoms with Gasteiger partial charge in [0, 0.05) is 71.6 Å². The highest BCUT2D eigenvalue weighted by atomic mass is 16.4. The van der Waals surface area contributed by atoms with Crippen molar-refractivity contribution < 1.29 is 19.8 Å². The summed E-state index contributed by atoms with van der Waals surface area (Å²) in [5.74, 6) is -1.66. The minimum Gasteiger partial charge on any atom is -0.480 e. The lowest BCUT2D eigenvalue weighted by atomic mass is 10.2. The SMILES string of the molecule is O=C(O)CN1CCN(Cc2ccccc2)CCN(CC(=O)O)CCN(Cc2ccccn2)CC1. The number of carbonyl (C=O) groups is 2. The number of carboxylic acids is 2. The number of aromatic nitrogens is 1. The quantitative estimate of drug-likeness (QED) is 0.590. The molecule has 1 aromatic carbocycles. The third-order valence-electron chi connectivity index (χ3n) is 6.01. The van der Waals surface area contributed by atoms with E-state index in [0.29, 0.717) is 58.9 Å². The molecule has 3 rings (SSSR count). The number of rotatable bonds is 8. The molecule has 1 aromatic heterocycles. The van der Waals surface area contributed by atoms with Crippen LogP contribution < -0.4 is 0 Å². The lowest BCUT2D eigenvalue weighted by molar-refractivity contribution is -0.139. The highest BCUT2D eigenvalue weighted by Gasteiger charge is 2.19. The Morgan fingerprint density at radius 3 is 1.59 bits per heavy atom. The smallest absolute Gasteiger partial charge is 0.317 e. The van der Waals surface area contributed by atoms with Crippen LogP contribution in [0.4, 0.5) is 0 Å². The molecule has 0 atom stereocenters. The van der Waals surface area contributed by atoms with Crippen LogP contribution in [0.2, 0.25) is 0 Å². The summed E-state index contributed by atoms with van der Waals surface area (Å²) in [5.41, 5.74) is 2.13. The molecule has 0 spiro atoms. The van der Waals surface area contributed by atoms with E-state index < -0.39 is 11.9 Å². The molecule has 9 heteroatoms. The molecule has 0 aliphatic carbocycles. The Labute approximate surface area is 201 Å². The van der Waals surface area contributed by atoms with Crippen LogP contribution in [0.15, 0.2) is 54.7 Å². The molecule has 0 saturated carbocycles. The van der Waals surface area contributed by atoms with Crippen molar-refractivity contribution in [3.05, 3.63) is 66.0 Å². The topological polar surface area (TPSA) is 100 Å². The summed E-state index contributed by atoms with van der Waals surface area (Å²) in [5, 5.41) is 18.9. The van der Waals surface area contributed by atoms with E-state index in [4.69, 9.17) is 0 Å². The van der Waals surface area contributed by atoms with Gasteiger partial charge in [-0.05, 0) is 17.7 Å². The van der Waals surface area contributed by atoms with E-state index in [1.165, 1.54) is 5.56 Å². The highest BCUT2D eigenvalue weighted by molar-refractivity contribution is 5.69. The molecule has 0 unspecified atom stereocenters. The van der Waals surface area contributed by atoms with E-state index in [1.54, 1.807) is 6.20 Å². The van der Waals surface area contributed by atoms with Gasteiger partial charge >= 0.3 is 11.9 Å². The molecule has 1 aliphatic heterocycles. The van der Waals surface area contributed by atoms with Gasteiger partial charge in [-0.1, -0.05) is 36.4 Å². The van der Waals surface area contributed by atoms with Gasteiger partial charge in [0.2, 0.25) is 0 Å². The van der Waals surface area contributed by atoms with Gasteiger partial charge in [0.1, 0.15) is 0 Å². The number of hydrogen-bond donors (Lipinski definition) is 2.